The van der Waals surface area contributed by atoms with E-state index < -0.39 is 51.4 Å². The summed E-state index contributed by atoms with van der Waals surface area (Å²) in [6.07, 6.45) is 0.224. The van der Waals surface area contributed by atoms with Crippen molar-refractivity contribution in [2.75, 3.05) is 5.75 Å². The number of rotatable bonds is 10. The van der Waals surface area contributed by atoms with Gasteiger partial charge in [-0.2, -0.15) is 0 Å². The molecular weight excluding hydrogens is 465 g/mol. The van der Waals surface area contributed by atoms with Gasteiger partial charge in [0.05, 0.1) is 17.5 Å². The lowest BCUT2D eigenvalue weighted by Crippen LogP contribution is -2.45. The first kappa shape index (κ1) is 25.0. The van der Waals surface area contributed by atoms with Crippen LogP contribution in [0.25, 0.3) is 11.4 Å². The van der Waals surface area contributed by atoms with Gasteiger partial charge >= 0.3 is 5.76 Å². The van der Waals surface area contributed by atoms with Gasteiger partial charge in [0.1, 0.15) is 11.6 Å². The van der Waals surface area contributed by atoms with Crippen molar-refractivity contribution >= 4 is 21.5 Å². The monoisotopic (exact) mass is 489 g/mol. The summed E-state index contributed by atoms with van der Waals surface area (Å²) in [7, 11) is -3.90. The van der Waals surface area contributed by atoms with Crippen molar-refractivity contribution in [2.45, 2.75) is 37.8 Å². The van der Waals surface area contributed by atoms with E-state index in [2.05, 4.69) is 15.0 Å². The third kappa shape index (κ3) is 6.25. The second-order valence-electron chi connectivity index (χ2n) is 8.15. The number of hydrogen-bond donors (Lipinski definition) is 1. The number of amides is 1. The van der Waals surface area contributed by atoms with Gasteiger partial charge in [-0.05, 0) is 48.7 Å². The number of Topliss-reactive ketones (excluding diaryl/α,β-unsaturated/α-hetero) is 1. The molecule has 11 heteroatoms. The Balaban J connectivity index is 1.78. The molecule has 0 saturated heterocycles. The van der Waals surface area contributed by atoms with E-state index in [9.17, 15) is 27.2 Å². The Morgan fingerprint density at radius 3 is 2.35 bits per heavy atom. The third-order valence-corrected chi connectivity index (χ3v) is 6.59. The number of hydrogen-bond acceptors (Lipinski definition) is 7. The molecule has 0 aliphatic rings. The zero-order valence-electron chi connectivity index (χ0n) is 18.6. The number of ketones is 1. The van der Waals surface area contributed by atoms with E-state index in [4.69, 9.17) is 0 Å². The average Bonchev–Trinajstić information content (AvgIpc) is 3.14. The van der Waals surface area contributed by atoms with E-state index in [0.717, 1.165) is 4.57 Å². The van der Waals surface area contributed by atoms with Crippen LogP contribution < -0.4 is 11.1 Å². The zero-order chi connectivity index (χ0) is 24.9. The summed E-state index contributed by atoms with van der Waals surface area (Å²) < 4.78 is 43.9. The van der Waals surface area contributed by atoms with Crippen LogP contribution in [0.4, 0.5) is 4.39 Å². The lowest BCUT2D eigenvalue weighted by Gasteiger charge is -2.20. The highest BCUT2D eigenvalue weighted by Crippen LogP contribution is 2.17. The molecule has 180 valence electrons. The van der Waals surface area contributed by atoms with Crippen molar-refractivity contribution in [1.29, 1.82) is 0 Å². The zero-order valence-corrected chi connectivity index (χ0v) is 19.4. The molecule has 3 rings (SSSR count). The summed E-state index contributed by atoms with van der Waals surface area (Å²) in [6.45, 7) is 3.20. The number of nitrogens with zero attached hydrogens (tertiary/aromatic N) is 2. The molecule has 0 aliphatic carbocycles. The predicted molar refractivity (Wildman–Crippen MR) is 121 cm³/mol. The second kappa shape index (κ2) is 10.6. The fourth-order valence-corrected chi connectivity index (χ4v) is 4.51. The molecule has 1 amide bonds. The van der Waals surface area contributed by atoms with E-state index in [-0.39, 0.29) is 23.1 Å². The molecule has 1 heterocycles. The maximum Gasteiger partial charge on any atom is 0.442 e. The first-order valence-corrected chi connectivity index (χ1v) is 12.1. The molecule has 2 aromatic carbocycles. The van der Waals surface area contributed by atoms with E-state index in [0.29, 0.717) is 5.56 Å². The van der Waals surface area contributed by atoms with Crippen molar-refractivity contribution < 1.29 is 26.9 Å². The lowest BCUT2D eigenvalue weighted by atomic mass is 10.00. The molecule has 3 aromatic rings. The maximum absolute atomic E-state index is 13.2. The van der Waals surface area contributed by atoms with Crippen molar-refractivity contribution in [2.24, 2.45) is 5.92 Å². The molecule has 0 spiro atoms. The van der Waals surface area contributed by atoms with Crippen molar-refractivity contribution in [3.63, 3.8) is 0 Å². The summed E-state index contributed by atoms with van der Waals surface area (Å²) in [5.74, 6) is -3.56. The highest BCUT2D eigenvalue weighted by molar-refractivity contribution is 7.92. The number of nitrogens with one attached hydrogen (secondary N) is 1. The summed E-state index contributed by atoms with van der Waals surface area (Å²) in [6, 6.07) is 11.6. The van der Waals surface area contributed by atoms with Crippen LogP contribution in [0, 0.1) is 11.7 Å². The van der Waals surface area contributed by atoms with Gasteiger partial charge in [-0.1, -0.05) is 37.2 Å². The van der Waals surface area contributed by atoms with Crippen LogP contribution in [0.15, 0.2) is 68.8 Å². The summed E-state index contributed by atoms with van der Waals surface area (Å²) >= 11 is 0. The number of halogens is 1. The van der Waals surface area contributed by atoms with Gasteiger partial charge in [0.25, 0.3) is 0 Å². The number of aromatic nitrogens is 2. The first-order valence-electron chi connectivity index (χ1n) is 10.5. The van der Waals surface area contributed by atoms with Crippen LogP contribution in [-0.2, 0) is 26.0 Å². The molecule has 0 fully saturated rings. The van der Waals surface area contributed by atoms with E-state index >= 15 is 0 Å². The van der Waals surface area contributed by atoms with Crippen molar-refractivity contribution in [3.05, 3.63) is 71.0 Å². The normalized spacial score (nSPS) is 12.5. The highest BCUT2D eigenvalue weighted by atomic mass is 32.2. The van der Waals surface area contributed by atoms with Gasteiger partial charge in [-0.15, -0.1) is 0 Å². The minimum Gasteiger partial charge on any atom is -0.345 e. The molecule has 0 aliphatic heterocycles. The average molecular weight is 490 g/mol. The minimum absolute atomic E-state index is 0.00292. The quantitative estimate of drug-likeness (QED) is 0.462. The fraction of sp³-hybridized carbons (Fsp3) is 0.304. The van der Waals surface area contributed by atoms with Gasteiger partial charge in [0.15, 0.2) is 21.4 Å². The molecule has 9 nitrogen and oxygen atoms in total. The molecule has 1 aromatic heterocycles. The fourth-order valence-electron chi connectivity index (χ4n) is 3.34. The molecule has 1 atom stereocenters. The smallest absolute Gasteiger partial charge is 0.345 e. The molecule has 0 saturated carbocycles. The summed E-state index contributed by atoms with van der Waals surface area (Å²) in [5, 5.41) is 6.16. The predicted octanol–water partition coefficient (Wildman–Crippen LogP) is 2.22. The largest absolute Gasteiger partial charge is 0.442 e. The van der Waals surface area contributed by atoms with Crippen molar-refractivity contribution in [1.82, 2.24) is 15.0 Å². The summed E-state index contributed by atoms with van der Waals surface area (Å²) in [5.41, 5.74) is 0.360. The van der Waals surface area contributed by atoms with Crippen LogP contribution in [-0.4, -0.2) is 41.6 Å². The second-order valence-corrected chi connectivity index (χ2v) is 10.1. The van der Waals surface area contributed by atoms with Crippen LogP contribution in [0.3, 0.4) is 0 Å². The number of carbonyl (C=O) groups is 2. The minimum atomic E-state index is -3.90. The van der Waals surface area contributed by atoms with Gasteiger partial charge in [-0.3, -0.25) is 14.1 Å². The van der Waals surface area contributed by atoms with Gasteiger partial charge in [0.2, 0.25) is 5.91 Å². The van der Waals surface area contributed by atoms with Crippen LogP contribution in [0.1, 0.15) is 20.3 Å². The molecule has 0 radical (unpaired) electrons. The molecular formula is C23H24FN3O6S. The van der Waals surface area contributed by atoms with Crippen molar-refractivity contribution in [3.8, 4) is 11.4 Å². The highest BCUT2D eigenvalue weighted by Gasteiger charge is 2.27. The molecule has 0 unspecified atom stereocenters. The van der Waals surface area contributed by atoms with E-state index in [1.807, 2.05) is 13.8 Å². The number of carbonyl (C=O) groups excluding carboxylic acids is 2. The number of benzene rings is 2. The topological polar surface area (TPSA) is 128 Å². The Morgan fingerprint density at radius 1 is 1.09 bits per heavy atom. The Bertz CT molecular complexity index is 1310. The first-order chi connectivity index (χ1) is 16.1. The van der Waals surface area contributed by atoms with Crippen LogP contribution in [0.5, 0.6) is 0 Å². The third-order valence-electron chi connectivity index (χ3n) is 4.96. The van der Waals surface area contributed by atoms with Gasteiger partial charge < -0.3 is 5.32 Å². The Labute approximate surface area is 195 Å². The number of sulfone groups is 1. The molecule has 0 bridgehead atoms. The van der Waals surface area contributed by atoms with E-state index in [1.54, 1.807) is 18.2 Å². The van der Waals surface area contributed by atoms with Gasteiger partial charge in [0, 0.05) is 5.56 Å². The molecule has 1 N–H and O–H groups in total. The van der Waals surface area contributed by atoms with E-state index in [1.165, 1.54) is 36.4 Å². The maximum atomic E-state index is 13.2. The lowest BCUT2D eigenvalue weighted by molar-refractivity contribution is -0.127. The Hall–Kier alpha value is -3.60. The Kier molecular flexibility index (Phi) is 7.77. The molecule has 34 heavy (non-hydrogen) atoms. The standard InChI is InChI=1S/C23H24FN3O6S/c1-15(2)12-19(25-21(29)14-34(31,32)18-6-4-3-5-7-18)20(28)13-27-22(26-33-23(27)30)16-8-10-17(24)11-9-16/h3-11,15,19H,12-14H2,1-2H3,(H,25,29)/t19-/m0/s1. The van der Waals surface area contributed by atoms with Gasteiger partial charge in [-0.25, -0.2) is 22.2 Å². The SMILES string of the molecule is CC(C)C[C@H](NC(=O)CS(=O)(=O)c1ccccc1)C(=O)Cn1c(-c2ccc(F)cc2)noc1=O. The summed E-state index contributed by atoms with van der Waals surface area (Å²) in [4.78, 5) is 37.8. The Morgan fingerprint density at radius 2 is 1.74 bits per heavy atom. The van der Waals surface area contributed by atoms with Crippen LogP contribution in [0.2, 0.25) is 0 Å². The van der Waals surface area contributed by atoms with Crippen LogP contribution >= 0.6 is 0 Å².